The van der Waals surface area contributed by atoms with Gasteiger partial charge in [0.05, 0.1) is 30.7 Å². The molecule has 0 radical (unpaired) electrons. The molecule has 180 valence electrons. The summed E-state index contributed by atoms with van der Waals surface area (Å²) < 4.78 is 38.7. The summed E-state index contributed by atoms with van der Waals surface area (Å²) in [6.45, 7) is 4.95. The van der Waals surface area contributed by atoms with E-state index in [4.69, 9.17) is 9.47 Å². The first-order valence-electron chi connectivity index (χ1n) is 11.5. The minimum Gasteiger partial charge on any atom is -0.496 e. The number of nitrogens with zero attached hydrogens (tertiary/aromatic N) is 1. The number of aryl methyl sites for hydroxylation is 1. The maximum absolute atomic E-state index is 13.3. The second-order valence-electron chi connectivity index (χ2n) is 8.34. The van der Waals surface area contributed by atoms with Crippen molar-refractivity contribution in [1.29, 1.82) is 0 Å². The van der Waals surface area contributed by atoms with Crippen LogP contribution in [0.25, 0.3) is 0 Å². The van der Waals surface area contributed by atoms with Crippen molar-refractivity contribution in [2.45, 2.75) is 56.9 Å². The van der Waals surface area contributed by atoms with Crippen LogP contribution in [0.1, 0.15) is 66.6 Å². The van der Waals surface area contributed by atoms with Crippen molar-refractivity contribution in [3.63, 3.8) is 0 Å². The molecule has 0 spiro atoms. The summed E-state index contributed by atoms with van der Waals surface area (Å²) in [6, 6.07) is 10.1. The maximum atomic E-state index is 13.3. The van der Waals surface area contributed by atoms with Crippen LogP contribution >= 0.6 is 0 Å². The van der Waals surface area contributed by atoms with E-state index in [1.807, 2.05) is 32.0 Å². The fourth-order valence-corrected chi connectivity index (χ4v) is 5.78. The zero-order valence-corrected chi connectivity index (χ0v) is 20.7. The minimum absolute atomic E-state index is 0.115. The van der Waals surface area contributed by atoms with Gasteiger partial charge in [0.25, 0.3) is 5.91 Å². The number of methoxy groups -OCH3 is 2. The predicted molar refractivity (Wildman–Crippen MR) is 128 cm³/mol. The molecule has 3 rings (SSSR count). The number of hydrogen-bond acceptors (Lipinski definition) is 5. The summed E-state index contributed by atoms with van der Waals surface area (Å²) in [6.07, 6.45) is 4.44. The molecule has 0 bridgehead atoms. The maximum Gasteiger partial charge on any atom is 0.255 e. The molecule has 0 saturated carbocycles. The number of carbonyl (C=O) groups is 1. The van der Waals surface area contributed by atoms with Crippen LogP contribution in [-0.4, -0.2) is 45.9 Å². The van der Waals surface area contributed by atoms with Crippen LogP contribution in [0.3, 0.4) is 0 Å². The van der Waals surface area contributed by atoms with E-state index in [1.165, 1.54) is 23.5 Å². The smallest absolute Gasteiger partial charge is 0.255 e. The number of sulfonamides is 1. The van der Waals surface area contributed by atoms with Gasteiger partial charge in [-0.1, -0.05) is 31.9 Å². The van der Waals surface area contributed by atoms with Gasteiger partial charge in [-0.3, -0.25) is 4.79 Å². The molecule has 33 heavy (non-hydrogen) atoms. The van der Waals surface area contributed by atoms with Crippen molar-refractivity contribution in [1.82, 2.24) is 9.62 Å². The first-order chi connectivity index (χ1) is 15.8. The minimum atomic E-state index is -3.68. The average Bonchev–Trinajstić information content (AvgIpc) is 3.12. The summed E-state index contributed by atoms with van der Waals surface area (Å²) in [5, 5.41) is 3.04. The van der Waals surface area contributed by atoms with E-state index in [0.717, 1.165) is 42.6 Å². The summed E-state index contributed by atoms with van der Waals surface area (Å²) >= 11 is 0. The Morgan fingerprint density at radius 2 is 1.64 bits per heavy atom. The Bertz CT molecular complexity index is 1080. The molecule has 1 amide bonds. The monoisotopic (exact) mass is 474 g/mol. The van der Waals surface area contributed by atoms with Crippen molar-refractivity contribution in [2.24, 2.45) is 0 Å². The van der Waals surface area contributed by atoms with Crippen LogP contribution in [0.4, 0.5) is 0 Å². The third-order valence-corrected chi connectivity index (χ3v) is 8.05. The highest BCUT2D eigenvalue weighted by molar-refractivity contribution is 7.89. The molecule has 1 saturated heterocycles. The van der Waals surface area contributed by atoms with E-state index in [1.54, 1.807) is 13.2 Å². The Morgan fingerprint density at radius 3 is 2.21 bits per heavy atom. The van der Waals surface area contributed by atoms with Crippen LogP contribution < -0.4 is 14.8 Å². The van der Waals surface area contributed by atoms with Crippen molar-refractivity contribution in [3.8, 4) is 11.5 Å². The quantitative estimate of drug-likeness (QED) is 0.611. The van der Waals surface area contributed by atoms with Crippen molar-refractivity contribution in [3.05, 3.63) is 53.1 Å². The second kappa shape index (κ2) is 11.0. The highest BCUT2D eigenvalue weighted by Gasteiger charge is 2.27. The zero-order chi connectivity index (χ0) is 24.0. The Morgan fingerprint density at radius 1 is 1.00 bits per heavy atom. The van der Waals surface area contributed by atoms with Gasteiger partial charge in [-0.05, 0) is 61.6 Å². The molecule has 1 aliphatic heterocycles. The molecular weight excluding hydrogens is 440 g/mol. The lowest BCUT2D eigenvalue weighted by Gasteiger charge is -2.22. The fourth-order valence-electron chi connectivity index (χ4n) is 4.23. The molecular formula is C25H34N2O5S. The molecule has 1 N–H and O–H groups in total. The lowest BCUT2D eigenvalue weighted by Crippen LogP contribution is -2.32. The van der Waals surface area contributed by atoms with E-state index in [0.29, 0.717) is 25.3 Å². The highest BCUT2D eigenvalue weighted by Crippen LogP contribution is 2.28. The van der Waals surface area contributed by atoms with Crippen molar-refractivity contribution < 1.29 is 22.7 Å². The second-order valence-corrected chi connectivity index (χ2v) is 10.3. The molecule has 1 heterocycles. The van der Waals surface area contributed by atoms with Gasteiger partial charge in [0, 0.05) is 13.1 Å². The highest BCUT2D eigenvalue weighted by atomic mass is 32.2. The van der Waals surface area contributed by atoms with Gasteiger partial charge in [0.1, 0.15) is 11.5 Å². The Balaban J connectivity index is 1.89. The number of carbonyl (C=O) groups excluding carboxylic acids is 1. The number of hydrogen-bond donors (Lipinski definition) is 1. The summed E-state index contributed by atoms with van der Waals surface area (Å²) in [7, 11) is -0.586. The van der Waals surface area contributed by atoms with Gasteiger partial charge in [-0.15, -0.1) is 0 Å². The van der Waals surface area contributed by atoms with Gasteiger partial charge in [-0.2, -0.15) is 4.31 Å². The van der Waals surface area contributed by atoms with E-state index >= 15 is 0 Å². The molecule has 2 aromatic rings. The SMILES string of the molecule is CC[C@@H](NC(=O)c1cc(S(=O)(=O)N2CCCCCC2)ccc1OC)c1ccc(OC)c(C)c1. The summed E-state index contributed by atoms with van der Waals surface area (Å²) in [4.78, 5) is 13.4. The average molecular weight is 475 g/mol. The van der Waals surface area contributed by atoms with Crippen LogP contribution in [0, 0.1) is 6.92 Å². The number of amides is 1. The Kier molecular flexibility index (Phi) is 8.37. The van der Waals surface area contributed by atoms with E-state index in [2.05, 4.69) is 5.32 Å². The summed E-state index contributed by atoms with van der Waals surface area (Å²) in [5.41, 5.74) is 2.14. The fraction of sp³-hybridized carbons (Fsp3) is 0.480. The zero-order valence-electron chi connectivity index (χ0n) is 19.9. The molecule has 1 aliphatic rings. The first-order valence-corrected chi connectivity index (χ1v) is 12.9. The van der Waals surface area contributed by atoms with Gasteiger partial charge >= 0.3 is 0 Å². The number of ether oxygens (including phenoxy) is 2. The molecule has 1 fully saturated rings. The normalized spacial score (nSPS) is 16.0. The molecule has 8 heteroatoms. The topological polar surface area (TPSA) is 84.9 Å². The number of nitrogens with one attached hydrogen (secondary N) is 1. The lowest BCUT2D eigenvalue weighted by molar-refractivity contribution is 0.0932. The molecule has 7 nitrogen and oxygen atoms in total. The molecule has 0 aliphatic carbocycles. The van der Waals surface area contributed by atoms with Crippen molar-refractivity contribution >= 4 is 15.9 Å². The third-order valence-electron chi connectivity index (χ3n) is 6.15. The van der Waals surface area contributed by atoms with E-state index in [-0.39, 0.29) is 22.4 Å². The van der Waals surface area contributed by atoms with Crippen LogP contribution in [0.2, 0.25) is 0 Å². The molecule has 0 unspecified atom stereocenters. The molecule has 1 atom stereocenters. The number of rotatable bonds is 8. The first kappa shape index (κ1) is 25.1. The van der Waals surface area contributed by atoms with Crippen molar-refractivity contribution in [2.75, 3.05) is 27.3 Å². The standard InChI is InChI=1S/C25H34N2O5S/c1-5-22(19-10-12-23(31-3)18(2)16-19)26-25(28)21-17-20(11-13-24(21)32-4)33(29,30)27-14-8-6-7-9-15-27/h10-13,16-17,22H,5-9,14-15H2,1-4H3,(H,26,28)/t22-/m1/s1. The largest absolute Gasteiger partial charge is 0.496 e. The molecule has 0 aromatic heterocycles. The Labute approximate surface area is 197 Å². The Hall–Kier alpha value is -2.58. The predicted octanol–water partition coefficient (Wildman–Crippen LogP) is 4.46. The third kappa shape index (κ3) is 5.68. The van der Waals surface area contributed by atoms with Gasteiger partial charge in [-0.25, -0.2) is 8.42 Å². The molecule has 2 aromatic carbocycles. The summed E-state index contributed by atoms with van der Waals surface area (Å²) in [5.74, 6) is 0.746. The number of benzene rings is 2. The lowest BCUT2D eigenvalue weighted by atomic mass is 10.0. The van der Waals surface area contributed by atoms with Crippen LogP contribution in [0.5, 0.6) is 11.5 Å². The van der Waals surface area contributed by atoms with Crippen LogP contribution in [0.15, 0.2) is 41.3 Å². The van der Waals surface area contributed by atoms with Gasteiger partial charge < -0.3 is 14.8 Å². The van der Waals surface area contributed by atoms with E-state index in [9.17, 15) is 13.2 Å². The van der Waals surface area contributed by atoms with Gasteiger partial charge in [0.2, 0.25) is 10.0 Å². The van der Waals surface area contributed by atoms with Gasteiger partial charge in [0.15, 0.2) is 0 Å². The van der Waals surface area contributed by atoms with Crippen LogP contribution in [-0.2, 0) is 10.0 Å². The van der Waals surface area contributed by atoms with E-state index < -0.39 is 10.0 Å².